The molecule has 4 rings (SSSR count). The molecule has 0 atom stereocenters. The minimum Gasteiger partial charge on any atom is -0.508 e. The highest BCUT2D eigenvalue weighted by molar-refractivity contribution is 6.00. The standard InChI is InChI=1S/C23H26N4O3/c28-15-17-13-19(29)6-7-20(17)25-18-8-11-27(12-9-18)14-22(30)26-21-5-1-3-16-4-2-10-24-23(16)21/h1-7,10,13,18,25,28-29H,8-9,11-12,14-15H2,(H,26,30). The van der Waals surface area contributed by atoms with Crippen molar-refractivity contribution in [2.24, 2.45) is 0 Å². The lowest BCUT2D eigenvalue weighted by molar-refractivity contribution is -0.117. The Hall–Kier alpha value is -3.16. The topological polar surface area (TPSA) is 97.7 Å². The highest BCUT2D eigenvalue weighted by Crippen LogP contribution is 2.24. The first-order chi connectivity index (χ1) is 14.6. The zero-order valence-corrected chi connectivity index (χ0v) is 16.7. The van der Waals surface area contributed by atoms with Gasteiger partial charge in [-0.15, -0.1) is 0 Å². The summed E-state index contributed by atoms with van der Waals surface area (Å²) in [5.41, 5.74) is 3.05. The molecular formula is C23H26N4O3. The lowest BCUT2D eigenvalue weighted by Crippen LogP contribution is -2.42. The normalized spacial score (nSPS) is 15.2. The Balaban J connectivity index is 1.30. The molecule has 7 heteroatoms. The molecule has 7 nitrogen and oxygen atoms in total. The molecule has 0 radical (unpaired) electrons. The molecule has 0 bridgehead atoms. The maximum absolute atomic E-state index is 12.6. The fourth-order valence-electron chi connectivity index (χ4n) is 3.90. The van der Waals surface area contributed by atoms with E-state index in [1.54, 1.807) is 24.4 Å². The molecule has 2 heterocycles. The second-order valence-corrected chi connectivity index (χ2v) is 7.62. The van der Waals surface area contributed by atoms with E-state index < -0.39 is 0 Å². The number of benzene rings is 2. The summed E-state index contributed by atoms with van der Waals surface area (Å²) in [4.78, 5) is 19.1. The monoisotopic (exact) mass is 406 g/mol. The number of phenols is 1. The van der Waals surface area contributed by atoms with Gasteiger partial charge in [0.15, 0.2) is 0 Å². The van der Waals surface area contributed by atoms with Crippen LogP contribution in [0.1, 0.15) is 18.4 Å². The number of amides is 1. The first-order valence-corrected chi connectivity index (χ1v) is 10.2. The summed E-state index contributed by atoms with van der Waals surface area (Å²) in [6.07, 6.45) is 3.52. The van der Waals surface area contributed by atoms with E-state index in [0.717, 1.165) is 48.2 Å². The van der Waals surface area contributed by atoms with Crippen LogP contribution in [0.25, 0.3) is 10.9 Å². The number of likely N-dealkylation sites (tertiary alicyclic amines) is 1. The lowest BCUT2D eigenvalue weighted by atomic mass is 10.0. The quantitative estimate of drug-likeness (QED) is 0.470. The number of aromatic hydroxyl groups is 1. The third-order valence-corrected chi connectivity index (χ3v) is 5.48. The predicted octanol–water partition coefficient (Wildman–Crippen LogP) is 2.95. The second-order valence-electron chi connectivity index (χ2n) is 7.62. The number of hydrogen-bond donors (Lipinski definition) is 4. The molecule has 0 unspecified atom stereocenters. The summed E-state index contributed by atoms with van der Waals surface area (Å²) in [5.74, 6) is 0.104. The van der Waals surface area contributed by atoms with Crippen LogP contribution in [0.3, 0.4) is 0 Å². The molecule has 156 valence electrons. The number of hydrogen-bond acceptors (Lipinski definition) is 6. The molecule has 2 aromatic carbocycles. The summed E-state index contributed by atoms with van der Waals surface area (Å²) in [5, 5.41) is 26.5. The van der Waals surface area contributed by atoms with Crippen molar-refractivity contribution < 1.29 is 15.0 Å². The van der Waals surface area contributed by atoms with Gasteiger partial charge in [0, 0.05) is 42.0 Å². The molecule has 1 aromatic heterocycles. The van der Waals surface area contributed by atoms with Crippen LogP contribution in [-0.4, -0.2) is 51.7 Å². The number of anilines is 2. The van der Waals surface area contributed by atoms with Crippen molar-refractivity contribution in [1.82, 2.24) is 9.88 Å². The van der Waals surface area contributed by atoms with E-state index in [1.807, 2.05) is 30.3 Å². The number of aliphatic hydroxyl groups excluding tert-OH is 1. The first kappa shape index (κ1) is 20.1. The van der Waals surface area contributed by atoms with Gasteiger partial charge in [-0.3, -0.25) is 14.7 Å². The van der Waals surface area contributed by atoms with Gasteiger partial charge < -0.3 is 20.8 Å². The van der Waals surface area contributed by atoms with Gasteiger partial charge in [-0.05, 0) is 43.2 Å². The fourth-order valence-corrected chi connectivity index (χ4v) is 3.90. The number of carbonyl (C=O) groups is 1. The molecule has 0 aliphatic carbocycles. The lowest BCUT2D eigenvalue weighted by Gasteiger charge is -2.32. The average Bonchev–Trinajstić information content (AvgIpc) is 2.76. The van der Waals surface area contributed by atoms with Crippen LogP contribution in [0.15, 0.2) is 54.7 Å². The van der Waals surface area contributed by atoms with E-state index in [1.165, 1.54) is 0 Å². The fraction of sp³-hybridized carbons (Fsp3) is 0.304. The molecule has 1 fully saturated rings. The number of carbonyl (C=O) groups excluding carboxylic acids is 1. The molecule has 1 aliphatic heterocycles. The number of aromatic nitrogens is 1. The van der Waals surface area contributed by atoms with Gasteiger partial charge >= 0.3 is 0 Å². The number of rotatable bonds is 6. The van der Waals surface area contributed by atoms with Crippen molar-refractivity contribution in [3.05, 3.63) is 60.3 Å². The number of aliphatic hydroxyl groups is 1. The third kappa shape index (κ3) is 4.69. The van der Waals surface area contributed by atoms with E-state index in [0.29, 0.717) is 12.1 Å². The van der Waals surface area contributed by atoms with E-state index >= 15 is 0 Å². The van der Waals surface area contributed by atoms with Crippen LogP contribution in [0, 0.1) is 0 Å². The maximum Gasteiger partial charge on any atom is 0.238 e. The van der Waals surface area contributed by atoms with E-state index in [4.69, 9.17) is 0 Å². The van der Waals surface area contributed by atoms with Crippen LogP contribution in [0.2, 0.25) is 0 Å². The minimum atomic E-state index is -0.126. The third-order valence-electron chi connectivity index (χ3n) is 5.48. The Morgan fingerprint density at radius 3 is 2.70 bits per heavy atom. The average molecular weight is 406 g/mol. The Morgan fingerprint density at radius 1 is 1.10 bits per heavy atom. The Kier molecular flexibility index (Phi) is 6.11. The van der Waals surface area contributed by atoms with Gasteiger partial charge in [-0.2, -0.15) is 0 Å². The van der Waals surface area contributed by atoms with E-state index in [9.17, 15) is 15.0 Å². The largest absolute Gasteiger partial charge is 0.508 e. The van der Waals surface area contributed by atoms with Crippen molar-refractivity contribution in [1.29, 1.82) is 0 Å². The van der Waals surface area contributed by atoms with Crippen molar-refractivity contribution in [2.45, 2.75) is 25.5 Å². The van der Waals surface area contributed by atoms with Gasteiger partial charge in [0.25, 0.3) is 0 Å². The first-order valence-electron chi connectivity index (χ1n) is 10.2. The molecular weight excluding hydrogens is 380 g/mol. The van der Waals surface area contributed by atoms with Gasteiger partial charge in [0.1, 0.15) is 5.75 Å². The van der Waals surface area contributed by atoms with Crippen LogP contribution in [-0.2, 0) is 11.4 Å². The van der Waals surface area contributed by atoms with Crippen molar-refractivity contribution in [2.75, 3.05) is 30.3 Å². The van der Waals surface area contributed by atoms with E-state index in [2.05, 4.69) is 20.5 Å². The summed E-state index contributed by atoms with van der Waals surface area (Å²) < 4.78 is 0. The Morgan fingerprint density at radius 2 is 1.90 bits per heavy atom. The molecule has 1 aliphatic rings. The number of fused-ring (bicyclic) bond motifs is 1. The van der Waals surface area contributed by atoms with Crippen LogP contribution in [0.4, 0.5) is 11.4 Å². The predicted molar refractivity (Wildman–Crippen MR) is 117 cm³/mol. The molecule has 0 spiro atoms. The summed E-state index contributed by atoms with van der Waals surface area (Å²) in [6, 6.07) is 14.9. The number of pyridine rings is 1. The number of piperidine rings is 1. The smallest absolute Gasteiger partial charge is 0.238 e. The van der Waals surface area contributed by atoms with Crippen LogP contribution < -0.4 is 10.6 Å². The summed E-state index contributed by atoms with van der Waals surface area (Å²) in [6.45, 7) is 1.84. The highest BCUT2D eigenvalue weighted by Gasteiger charge is 2.21. The van der Waals surface area contributed by atoms with Gasteiger partial charge in [0.05, 0.1) is 24.4 Å². The molecule has 1 saturated heterocycles. The second kappa shape index (κ2) is 9.11. The number of para-hydroxylation sites is 1. The number of nitrogens with zero attached hydrogens (tertiary/aromatic N) is 2. The number of phenolic OH excluding ortho intramolecular Hbond substituents is 1. The van der Waals surface area contributed by atoms with Crippen molar-refractivity contribution in [3.8, 4) is 5.75 Å². The highest BCUT2D eigenvalue weighted by atomic mass is 16.3. The molecule has 4 N–H and O–H groups in total. The van der Waals surface area contributed by atoms with Crippen LogP contribution in [0.5, 0.6) is 5.75 Å². The van der Waals surface area contributed by atoms with Crippen molar-refractivity contribution in [3.63, 3.8) is 0 Å². The Bertz CT molecular complexity index is 1030. The SMILES string of the molecule is O=C(CN1CCC(Nc2ccc(O)cc2CO)CC1)Nc1cccc2cccnc12. The molecule has 30 heavy (non-hydrogen) atoms. The molecule has 3 aromatic rings. The maximum atomic E-state index is 12.6. The molecule has 1 amide bonds. The van der Waals surface area contributed by atoms with Crippen LogP contribution >= 0.6 is 0 Å². The van der Waals surface area contributed by atoms with Gasteiger partial charge in [0.2, 0.25) is 5.91 Å². The zero-order chi connectivity index (χ0) is 20.9. The van der Waals surface area contributed by atoms with Crippen molar-refractivity contribution >= 4 is 28.2 Å². The molecule has 0 saturated carbocycles. The minimum absolute atomic E-state index is 0.0411. The number of nitrogens with one attached hydrogen (secondary N) is 2. The Labute approximate surface area is 175 Å². The van der Waals surface area contributed by atoms with Gasteiger partial charge in [-0.1, -0.05) is 18.2 Å². The zero-order valence-electron chi connectivity index (χ0n) is 16.7. The summed E-state index contributed by atoms with van der Waals surface area (Å²) in [7, 11) is 0. The van der Waals surface area contributed by atoms with E-state index in [-0.39, 0.29) is 24.3 Å². The summed E-state index contributed by atoms with van der Waals surface area (Å²) >= 11 is 0. The van der Waals surface area contributed by atoms with Gasteiger partial charge in [-0.25, -0.2) is 0 Å².